The first-order valence-corrected chi connectivity index (χ1v) is 9.72. The fourth-order valence-corrected chi connectivity index (χ4v) is 4.64. The highest BCUT2D eigenvalue weighted by Crippen LogP contribution is 2.32. The Hall–Kier alpha value is -1.88. The minimum absolute atomic E-state index is 0.0526. The number of nitrogens with two attached hydrogens (primary N) is 1. The largest absolute Gasteiger partial charge is 0.369 e. The molecule has 3 rings (SSSR count). The van der Waals surface area contributed by atoms with Crippen LogP contribution in [0.2, 0.25) is 0 Å². The summed E-state index contributed by atoms with van der Waals surface area (Å²) in [5, 5.41) is 3.27. The van der Waals surface area contributed by atoms with Gasteiger partial charge in [-0.15, -0.1) is 0 Å². The van der Waals surface area contributed by atoms with Crippen LogP contribution in [0.3, 0.4) is 0 Å². The van der Waals surface area contributed by atoms with Crippen molar-refractivity contribution in [1.82, 2.24) is 10.2 Å². The zero-order valence-corrected chi connectivity index (χ0v) is 16.0. The third-order valence-corrected chi connectivity index (χ3v) is 5.65. The van der Waals surface area contributed by atoms with Gasteiger partial charge < -0.3 is 11.1 Å². The van der Waals surface area contributed by atoms with E-state index in [1.807, 2.05) is 4.90 Å². The summed E-state index contributed by atoms with van der Waals surface area (Å²) in [5.74, 6) is 0.315. The molecule has 0 saturated carbocycles. The number of hydrogen-bond acceptors (Lipinski definition) is 3. The number of hydrogen-bond donors (Lipinski definition) is 2. The Morgan fingerprint density at radius 1 is 1.23 bits per heavy atom. The highest BCUT2D eigenvalue weighted by atomic mass is 16.2. The first kappa shape index (κ1) is 18.9. The Labute approximate surface area is 156 Å². The van der Waals surface area contributed by atoms with Crippen molar-refractivity contribution < 1.29 is 9.59 Å². The number of nitrogens with zero attached hydrogens (tertiary/aromatic N) is 1. The molecule has 1 aliphatic carbocycles. The van der Waals surface area contributed by atoms with Crippen molar-refractivity contribution in [2.24, 2.45) is 17.6 Å². The van der Waals surface area contributed by atoms with Gasteiger partial charge >= 0.3 is 0 Å². The Bertz CT molecular complexity index is 646. The molecule has 5 heteroatoms. The van der Waals surface area contributed by atoms with E-state index in [-0.39, 0.29) is 29.8 Å². The lowest BCUT2D eigenvalue weighted by molar-refractivity contribution is -0.129. The molecule has 1 aromatic rings. The molecular formula is C21H31N3O2. The number of benzene rings is 1. The Balaban J connectivity index is 1.52. The van der Waals surface area contributed by atoms with Crippen LogP contribution in [0.5, 0.6) is 0 Å². The topological polar surface area (TPSA) is 75.4 Å². The average molecular weight is 357 g/mol. The second kappa shape index (κ2) is 7.78. The van der Waals surface area contributed by atoms with Gasteiger partial charge in [0.1, 0.15) is 0 Å². The van der Waals surface area contributed by atoms with Crippen molar-refractivity contribution in [3.63, 3.8) is 0 Å². The third kappa shape index (κ3) is 4.85. The lowest BCUT2D eigenvalue weighted by Gasteiger charge is -2.35. The lowest BCUT2D eigenvalue weighted by Crippen LogP contribution is -2.51. The summed E-state index contributed by atoms with van der Waals surface area (Å²) in [5.41, 5.74) is 7.97. The fraction of sp³-hybridized carbons (Fsp3) is 0.619. The summed E-state index contributed by atoms with van der Waals surface area (Å²) in [6.45, 7) is 5.96. The van der Waals surface area contributed by atoms with Gasteiger partial charge in [0.15, 0.2) is 0 Å². The minimum atomic E-state index is -0.327. The SMILES string of the molecule is CC(C)(CC1Cc2ccccc2C1)NC(=O)C1CCCN(CC(N)=O)C1. The zero-order chi connectivity index (χ0) is 18.7. The quantitative estimate of drug-likeness (QED) is 0.816. The second-order valence-corrected chi connectivity index (χ2v) is 8.66. The first-order valence-electron chi connectivity index (χ1n) is 9.72. The molecule has 2 aliphatic rings. The maximum atomic E-state index is 12.8. The van der Waals surface area contributed by atoms with Crippen LogP contribution in [0.25, 0.3) is 0 Å². The highest BCUT2D eigenvalue weighted by Gasteiger charge is 2.33. The molecule has 0 aromatic heterocycles. The zero-order valence-electron chi connectivity index (χ0n) is 16.0. The van der Waals surface area contributed by atoms with Crippen molar-refractivity contribution in [1.29, 1.82) is 0 Å². The van der Waals surface area contributed by atoms with Crippen LogP contribution in [0.15, 0.2) is 24.3 Å². The van der Waals surface area contributed by atoms with Gasteiger partial charge in [0, 0.05) is 12.1 Å². The van der Waals surface area contributed by atoms with Crippen LogP contribution >= 0.6 is 0 Å². The van der Waals surface area contributed by atoms with Crippen molar-refractivity contribution in [3.8, 4) is 0 Å². The Morgan fingerprint density at radius 2 is 1.88 bits per heavy atom. The minimum Gasteiger partial charge on any atom is -0.369 e. The molecule has 142 valence electrons. The molecule has 26 heavy (non-hydrogen) atoms. The van der Waals surface area contributed by atoms with E-state index >= 15 is 0 Å². The number of nitrogens with one attached hydrogen (secondary N) is 1. The summed E-state index contributed by atoms with van der Waals surface area (Å²) in [6.07, 6.45) is 5.00. The molecule has 1 heterocycles. The first-order chi connectivity index (χ1) is 12.3. The van der Waals surface area contributed by atoms with Gasteiger partial charge in [-0.2, -0.15) is 0 Å². The summed E-state index contributed by atoms with van der Waals surface area (Å²) in [7, 11) is 0. The van der Waals surface area contributed by atoms with Gasteiger partial charge in [0.2, 0.25) is 11.8 Å². The lowest BCUT2D eigenvalue weighted by atomic mass is 9.87. The van der Waals surface area contributed by atoms with Gasteiger partial charge in [-0.3, -0.25) is 14.5 Å². The summed E-state index contributed by atoms with van der Waals surface area (Å²) < 4.78 is 0. The molecule has 1 atom stereocenters. The molecule has 3 N–H and O–H groups in total. The normalized spacial score (nSPS) is 21.4. The van der Waals surface area contributed by atoms with Crippen LogP contribution < -0.4 is 11.1 Å². The molecule has 2 amide bonds. The number of amides is 2. The van der Waals surface area contributed by atoms with Crippen molar-refractivity contribution in [2.75, 3.05) is 19.6 Å². The Morgan fingerprint density at radius 3 is 2.50 bits per heavy atom. The Kier molecular flexibility index (Phi) is 5.66. The standard InChI is InChI=1S/C21H31N3O2/c1-21(2,12-15-10-16-6-3-4-7-17(16)11-15)23-20(26)18-8-5-9-24(13-18)14-19(22)25/h3-4,6-7,15,18H,5,8-14H2,1-2H3,(H2,22,25)(H,23,26). The highest BCUT2D eigenvalue weighted by molar-refractivity contribution is 5.80. The molecule has 1 aromatic carbocycles. The van der Waals surface area contributed by atoms with Gasteiger partial charge in [-0.1, -0.05) is 24.3 Å². The number of fused-ring (bicyclic) bond motifs is 1. The van der Waals surface area contributed by atoms with E-state index in [4.69, 9.17) is 5.73 Å². The van der Waals surface area contributed by atoms with Gasteiger partial charge in [-0.25, -0.2) is 0 Å². The number of carbonyl (C=O) groups is 2. The van der Waals surface area contributed by atoms with Gasteiger partial charge in [-0.05, 0) is 69.5 Å². The molecular weight excluding hydrogens is 326 g/mol. The number of likely N-dealkylation sites (tertiary alicyclic amines) is 1. The van der Waals surface area contributed by atoms with Crippen LogP contribution in [0.4, 0.5) is 0 Å². The molecule has 1 unspecified atom stereocenters. The number of carbonyl (C=O) groups excluding carboxylic acids is 2. The van der Waals surface area contributed by atoms with Crippen LogP contribution in [0, 0.1) is 11.8 Å². The van der Waals surface area contributed by atoms with Crippen LogP contribution in [0.1, 0.15) is 44.2 Å². The average Bonchev–Trinajstić information content (AvgIpc) is 2.95. The van der Waals surface area contributed by atoms with Crippen LogP contribution in [-0.2, 0) is 22.4 Å². The molecule has 0 bridgehead atoms. The van der Waals surface area contributed by atoms with E-state index in [9.17, 15) is 9.59 Å². The predicted molar refractivity (Wildman–Crippen MR) is 103 cm³/mol. The smallest absolute Gasteiger partial charge is 0.231 e. The van der Waals surface area contributed by atoms with Crippen molar-refractivity contribution >= 4 is 11.8 Å². The molecule has 1 aliphatic heterocycles. The van der Waals surface area contributed by atoms with E-state index < -0.39 is 0 Å². The fourth-order valence-electron chi connectivity index (χ4n) is 4.64. The third-order valence-electron chi connectivity index (χ3n) is 5.65. The summed E-state index contributed by atoms with van der Waals surface area (Å²) in [6, 6.07) is 8.65. The number of piperidine rings is 1. The van der Waals surface area contributed by atoms with E-state index in [2.05, 4.69) is 43.4 Å². The molecule has 0 radical (unpaired) electrons. The summed E-state index contributed by atoms with van der Waals surface area (Å²) >= 11 is 0. The summed E-state index contributed by atoms with van der Waals surface area (Å²) in [4.78, 5) is 25.9. The molecule has 5 nitrogen and oxygen atoms in total. The maximum absolute atomic E-state index is 12.8. The molecule has 1 saturated heterocycles. The second-order valence-electron chi connectivity index (χ2n) is 8.66. The monoisotopic (exact) mass is 357 g/mol. The maximum Gasteiger partial charge on any atom is 0.231 e. The van der Waals surface area contributed by atoms with Gasteiger partial charge in [0.05, 0.1) is 12.5 Å². The van der Waals surface area contributed by atoms with Crippen molar-refractivity contribution in [2.45, 2.75) is 51.5 Å². The van der Waals surface area contributed by atoms with Gasteiger partial charge in [0.25, 0.3) is 0 Å². The molecule has 0 spiro atoms. The number of rotatable bonds is 6. The van der Waals surface area contributed by atoms with Crippen molar-refractivity contribution in [3.05, 3.63) is 35.4 Å². The number of primary amides is 1. The van der Waals surface area contributed by atoms with E-state index in [1.165, 1.54) is 11.1 Å². The predicted octanol–water partition coefficient (Wildman–Crippen LogP) is 1.88. The van der Waals surface area contributed by atoms with E-state index in [1.54, 1.807) is 0 Å². The van der Waals surface area contributed by atoms with E-state index in [0.29, 0.717) is 12.5 Å². The molecule has 1 fully saturated rings. The van der Waals surface area contributed by atoms with E-state index in [0.717, 1.165) is 38.6 Å². The van der Waals surface area contributed by atoms with Crippen LogP contribution in [-0.4, -0.2) is 41.9 Å².